The largest absolute Gasteiger partial charge is 0.250 e. The van der Waals surface area contributed by atoms with Gasteiger partial charge in [-0.1, -0.05) is 28.1 Å². The maximum absolute atomic E-state index is 12.2. The topological polar surface area (TPSA) is 70.0 Å². The molecule has 0 spiro atoms. The molecule has 4 nitrogen and oxygen atoms in total. The fourth-order valence-corrected chi connectivity index (χ4v) is 4.43. The lowest BCUT2D eigenvalue weighted by Crippen LogP contribution is -2.26. The molecule has 0 amide bonds. The van der Waals surface area contributed by atoms with Crippen molar-refractivity contribution in [1.82, 2.24) is 4.72 Å². The third-order valence-electron chi connectivity index (χ3n) is 2.64. The van der Waals surface area contributed by atoms with Crippen LogP contribution >= 0.6 is 27.3 Å². The van der Waals surface area contributed by atoms with Crippen molar-refractivity contribution in [2.75, 3.05) is 0 Å². The third kappa shape index (κ3) is 3.46. The molecule has 1 unspecified atom stereocenters. The molecule has 1 atom stereocenters. The number of nitrogens with one attached hydrogen (secondary N) is 1. The fourth-order valence-electron chi connectivity index (χ4n) is 1.66. The van der Waals surface area contributed by atoms with Crippen LogP contribution in [0.4, 0.5) is 0 Å². The van der Waals surface area contributed by atoms with Crippen LogP contribution in [0.2, 0.25) is 0 Å². The summed E-state index contributed by atoms with van der Waals surface area (Å²) < 4.78 is 28.1. The minimum Gasteiger partial charge on any atom is -0.206 e. The van der Waals surface area contributed by atoms with Gasteiger partial charge in [0, 0.05) is 10.5 Å². The molecule has 0 fully saturated rings. The van der Waals surface area contributed by atoms with E-state index in [1.54, 1.807) is 6.92 Å². The molecule has 0 aliphatic rings. The molecule has 2 rings (SSSR count). The van der Waals surface area contributed by atoms with Gasteiger partial charge < -0.3 is 0 Å². The highest BCUT2D eigenvalue weighted by Gasteiger charge is 2.20. The normalized spacial score (nSPS) is 12.8. The summed E-state index contributed by atoms with van der Waals surface area (Å²) in [5.41, 5.74) is 0.861. The molecule has 0 aliphatic heterocycles. The molecule has 7 heteroatoms. The summed E-state index contributed by atoms with van der Waals surface area (Å²) in [5.74, 6) is 0. The summed E-state index contributed by atoms with van der Waals surface area (Å²) in [6.07, 6.45) is 0. The number of halogens is 1. The molecule has 0 saturated heterocycles. The molecule has 2 aromatic rings. The first kappa shape index (κ1) is 15.2. The van der Waals surface area contributed by atoms with Crippen LogP contribution in [0, 0.1) is 11.3 Å². The highest BCUT2D eigenvalue weighted by atomic mass is 79.9. The van der Waals surface area contributed by atoms with Crippen molar-refractivity contribution in [3.05, 3.63) is 51.3 Å². The Morgan fingerprint density at radius 2 is 2.10 bits per heavy atom. The van der Waals surface area contributed by atoms with E-state index in [-0.39, 0.29) is 10.3 Å². The van der Waals surface area contributed by atoms with Gasteiger partial charge in [-0.15, -0.1) is 11.3 Å². The van der Waals surface area contributed by atoms with Gasteiger partial charge in [0.2, 0.25) is 0 Å². The molecule has 104 valence electrons. The second-order valence-corrected chi connectivity index (χ2v) is 8.07. The lowest BCUT2D eigenvalue weighted by atomic mass is 10.1. The van der Waals surface area contributed by atoms with Crippen LogP contribution in [0.3, 0.4) is 0 Å². The van der Waals surface area contributed by atoms with Gasteiger partial charge in [0.05, 0.1) is 0 Å². The SMILES string of the molecule is CC(NS(=O)(=O)c1ccc(C#N)s1)c1cccc(Br)c1. The molecule has 1 aromatic carbocycles. The van der Waals surface area contributed by atoms with E-state index in [1.807, 2.05) is 30.3 Å². The lowest BCUT2D eigenvalue weighted by molar-refractivity contribution is 0.569. The Bertz CT molecular complexity index is 763. The van der Waals surface area contributed by atoms with Crippen LogP contribution in [-0.2, 0) is 10.0 Å². The van der Waals surface area contributed by atoms with Crippen molar-refractivity contribution in [2.24, 2.45) is 0 Å². The Kier molecular flexibility index (Phi) is 4.60. The molecule has 1 N–H and O–H groups in total. The first-order valence-electron chi connectivity index (χ1n) is 5.70. The van der Waals surface area contributed by atoms with E-state index in [1.165, 1.54) is 12.1 Å². The average Bonchev–Trinajstić information content (AvgIpc) is 2.87. The van der Waals surface area contributed by atoms with Crippen LogP contribution in [0.15, 0.2) is 45.1 Å². The van der Waals surface area contributed by atoms with Gasteiger partial charge in [0.15, 0.2) is 0 Å². The van der Waals surface area contributed by atoms with Crippen LogP contribution in [-0.4, -0.2) is 8.42 Å². The Morgan fingerprint density at radius 1 is 1.35 bits per heavy atom. The van der Waals surface area contributed by atoms with Crippen molar-refractivity contribution < 1.29 is 8.42 Å². The molecule has 0 bridgehead atoms. The highest BCUT2D eigenvalue weighted by Crippen LogP contribution is 2.24. The van der Waals surface area contributed by atoms with E-state index in [2.05, 4.69) is 20.7 Å². The molecule has 1 heterocycles. The highest BCUT2D eigenvalue weighted by molar-refractivity contribution is 9.10. The van der Waals surface area contributed by atoms with E-state index in [4.69, 9.17) is 5.26 Å². The number of thiophene rings is 1. The Hall–Kier alpha value is -1.20. The van der Waals surface area contributed by atoms with Crippen molar-refractivity contribution in [1.29, 1.82) is 5.26 Å². The quantitative estimate of drug-likeness (QED) is 0.895. The van der Waals surface area contributed by atoms with Gasteiger partial charge in [-0.2, -0.15) is 5.26 Å². The first-order valence-corrected chi connectivity index (χ1v) is 8.79. The zero-order chi connectivity index (χ0) is 14.8. The fraction of sp³-hybridized carbons (Fsp3) is 0.154. The molecular formula is C13H11BrN2O2S2. The van der Waals surface area contributed by atoms with Crippen molar-refractivity contribution in [3.63, 3.8) is 0 Å². The molecule has 0 saturated carbocycles. The minimum absolute atomic E-state index is 0.149. The number of nitrogens with zero attached hydrogens (tertiary/aromatic N) is 1. The summed E-state index contributed by atoms with van der Waals surface area (Å²) in [6, 6.07) is 12.0. The van der Waals surface area contributed by atoms with Crippen LogP contribution in [0.5, 0.6) is 0 Å². The van der Waals surface area contributed by atoms with Crippen LogP contribution < -0.4 is 4.72 Å². The Balaban J connectivity index is 2.22. The van der Waals surface area contributed by atoms with Gasteiger partial charge >= 0.3 is 0 Å². The number of benzene rings is 1. The monoisotopic (exact) mass is 370 g/mol. The van der Waals surface area contributed by atoms with Gasteiger partial charge in [0.1, 0.15) is 15.2 Å². The summed E-state index contributed by atoms with van der Waals surface area (Å²) >= 11 is 4.32. The van der Waals surface area contributed by atoms with Gasteiger partial charge in [0.25, 0.3) is 10.0 Å². The molecule has 1 aromatic heterocycles. The van der Waals surface area contributed by atoms with Crippen molar-refractivity contribution in [2.45, 2.75) is 17.2 Å². The predicted molar refractivity (Wildman–Crippen MR) is 81.9 cm³/mol. The Morgan fingerprint density at radius 3 is 2.70 bits per heavy atom. The molecule has 0 radical (unpaired) electrons. The van der Waals surface area contributed by atoms with Gasteiger partial charge in [-0.3, -0.25) is 0 Å². The summed E-state index contributed by atoms with van der Waals surface area (Å²) in [6.45, 7) is 1.78. The number of nitriles is 1. The van der Waals surface area contributed by atoms with Crippen molar-refractivity contribution >= 4 is 37.3 Å². The second-order valence-electron chi connectivity index (χ2n) is 4.13. The maximum Gasteiger partial charge on any atom is 0.250 e. The zero-order valence-electron chi connectivity index (χ0n) is 10.5. The number of sulfonamides is 1. The molecule has 20 heavy (non-hydrogen) atoms. The standard InChI is InChI=1S/C13H11BrN2O2S2/c1-9(10-3-2-4-11(14)7-10)16-20(17,18)13-6-5-12(8-15)19-13/h2-7,9,16H,1H3. The lowest BCUT2D eigenvalue weighted by Gasteiger charge is -2.14. The molecular weight excluding hydrogens is 360 g/mol. The summed E-state index contributed by atoms with van der Waals surface area (Å²) in [4.78, 5) is 0.375. The van der Waals surface area contributed by atoms with E-state index in [0.717, 1.165) is 21.4 Å². The van der Waals surface area contributed by atoms with Crippen LogP contribution in [0.1, 0.15) is 23.4 Å². The number of rotatable bonds is 4. The number of hydrogen-bond donors (Lipinski definition) is 1. The number of hydrogen-bond acceptors (Lipinski definition) is 4. The zero-order valence-corrected chi connectivity index (χ0v) is 13.7. The first-order chi connectivity index (χ1) is 9.42. The minimum atomic E-state index is -3.61. The van der Waals surface area contributed by atoms with Crippen LogP contribution in [0.25, 0.3) is 0 Å². The van der Waals surface area contributed by atoms with E-state index < -0.39 is 10.0 Å². The molecule has 0 aliphatic carbocycles. The predicted octanol–water partition coefficient (Wildman–Crippen LogP) is 3.42. The van der Waals surface area contributed by atoms with E-state index in [0.29, 0.717) is 4.88 Å². The van der Waals surface area contributed by atoms with Gasteiger partial charge in [-0.05, 0) is 36.8 Å². The summed E-state index contributed by atoms with van der Waals surface area (Å²) in [5, 5.41) is 8.75. The smallest absolute Gasteiger partial charge is 0.206 e. The van der Waals surface area contributed by atoms with Gasteiger partial charge in [-0.25, -0.2) is 13.1 Å². The van der Waals surface area contributed by atoms with Crippen molar-refractivity contribution in [3.8, 4) is 6.07 Å². The second kappa shape index (κ2) is 6.06. The Labute approximate surface area is 130 Å². The average molecular weight is 371 g/mol. The summed E-state index contributed by atoms with van der Waals surface area (Å²) in [7, 11) is -3.61. The van der Waals surface area contributed by atoms with E-state index in [9.17, 15) is 8.42 Å². The third-order valence-corrected chi connectivity index (χ3v) is 6.15. The maximum atomic E-state index is 12.2. The van der Waals surface area contributed by atoms with E-state index >= 15 is 0 Å².